The molecule has 0 spiro atoms. The van der Waals surface area contributed by atoms with E-state index in [0.29, 0.717) is 18.6 Å². The van der Waals surface area contributed by atoms with Crippen LogP contribution < -0.4 is 0 Å². The fraction of sp³-hybridized carbons (Fsp3) is 0.625. The van der Waals surface area contributed by atoms with Gasteiger partial charge < -0.3 is 4.74 Å². The molecule has 106 valence electrons. The van der Waals surface area contributed by atoms with E-state index < -0.39 is 0 Å². The maximum Gasteiger partial charge on any atom is 0.305 e. The highest BCUT2D eigenvalue weighted by Gasteiger charge is 2.19. The molecular weight excluding hydrogens is 240 g/mol. The third-order valence-corrected chi connectivity index (χ3v) is 3.63. The summed E-state index contributed by atoms with van der Waals surface area (Å²) in [4.78, 5) is 22.6. The first-order valence-electron chi connectivity index (χ1n) is 7.13. The largest absolute Gasteiger partial charge is 0.469 e. The van der Waals surface area contributed by atoms with Gasteiger partial charge in [-0.2, -0.15) is 0 Å². The minimum atomic E-state index is -0.127. The van der Waals surface area contributed by atoms with Crippen LogP contribution in [0.5, 0.6) is 0 Å². The molecule has 0 N–H and O–H groups in total. The molecule has 0 aromatic heterocycles. The Bertz CT molecular complexity index is 366. The number of methoxy groups -OCH3 is 1. The van der Waals surface area contributed by atoms with E-state index in [2.05, 4.69) is 11.3 Å². The van der Waals surface area contributed by atoms with Gasteiger partial charge in [-0.15, -0.1) is 0 Å². The number of carbonyl (C=O) groups is 2. The fourth-order valence-electron chi connectivity index (χ4n) is 2.46. The van der Waals surface area contributed by atoms with Crippen molar-refractivity contribution in [1.29, 1.82) is 0 Å². The predicted molar refractivity (Wildman–Crippen MR) is 75.8 cm³/mol. The van der Waals surface area contributed by atoms with Crippen LogP contribution in [0.1, 0.15) is 57.8 Å². The van der Waals surface area contributed by atoms with Crippen molar-refractivity contribution < 1.29 is 14.3 Å². The number of esters is 1. The second kappa shape index (κ2) is 8.68. The van der Waals surface area contributed by atoms with Crippen LogP contribution >= 0.6 is 0 Å². The molecule has 0 unspecified atom stereocenters. The normalized spacial score (nSPS) is 14.9. The highest BCUT2D eigenvalue weighted by atomic mass is 16.5. The Kier molecular flexibility index (Phi) is 7.16. The van der Waals surface area contributed by atoms with Crippen molar-refractivity contribution in [3.8, 4) is 0 Å². The van der Waals surface area contributed by atoms with E-state index in [4.69, 9.17) is 0 Å². The van der Waals surface area contributed by atoms with Crippen molar-refractivity contribution in [2.75, 3.05) is 7.11 Å². The highest BCUT2D eigenvalue weighted by molar-refractivity contribution is 5.99. The maximum atomic E-state index is 11.7. The number of Topliss-reactive ketones (excluding diaryl/α,β-unsaturated/α-hetero) is 1. The topological polar surface area (TPSA) is 43.4 Å². The number of ketones is 1. The molecule has 3 nitrogen and oxygen atoms in total. The summed E-state index contributed by atoms with van der Waals surface area (Å²) in [6, 6.07) is 0. The van der Waals surface area contributed by atoms with Gasteiger partial charge in [0, 0.05) is 12.8 Å². The van der Waals surface area contributed by atoms with Gasteiger partial charge in [0.25, 0.3) is 0 Å². The number of allylic oxidation sites excluding steroid dienone is 3. The van der Waals surface area contributed by atoms with Crippen molar-refractivity contribution in [3.63, 3.8) is 0 Å². The van der Waals surface area contributed by atoms with Gasteiger partial charge in [0.1, 0.15) is 0 Å². The van der Waals surface area contributed by atoms with Crippen molar-refractivity contribution in [1.82, 2.24) is 0 Å². The lowest BCUT2D eigenvalue weighted by molar-refractivity contribution is -0.140. The molecule has 0 atom stereocenters. The molecule has 1 aliphatic rings. The molecule has 0 saturated carbocycles. The zero-order valence-electron chi connectivity index (χ0n) is 11.9. The first-order chi connectivity index (χ1) is 9.19. The van der Waals surface area contributed by atoms with Gasteiger partial charge in [0.2, 0.25) is 0 Å². The second-order valence-electron chi connectivity index (χ2n) is 4.97. The summed E-state index contributed by atoms with van der Waals surface area (Å²) in [5.41, 5.74) is 2.15. The lowest BCUT2D eigenvalue weighted by Gasteiger charge is -2.04. The summed E-state index contributed by atoms with van der Waals surface area (Å²) in [5.74, 6) is 0.179. The van der Waals surface area contributed by atoms with Crippen molar-refractivity contribution in [2.45, 2.75) is 57.8 Å². The molecule has 0 fully saturated rings. The first kappa shape index (κ1) is 15.7. The fourth-order valence-corrected chi connectivity index (χ4v) is 2.46. The number of carbonyl (C=O) groups excluding carboxylic acids is 2. The second-order valence-corrected chi connectivity index (χ2v) is 4.97. The van der Waals surface area contributed by atoms with Gasteiger partial charge in [0.05, 0.1) is 7.11 Å². The number of ether oxygens (including phenoxy) is 1. The van der Waals surface area contributed by atoms with Gasteiger partial charge >= 0.3 is 5.97 Å². The number of hydrogen-bond acceptors (Lipinski definition) is 3. The number of unbranched alkanes of at least 4 members (excludes halogenated alkanes) is 4. The minimum absolute atomic E-state index is 0.127. The SMILES string of the molecule is C=CC1=C(CCCCCCCC(=O)OC)C(=O)CC1. The number of hydrogen-bond donors (Lipinski definition) is 0. The van der Waals surface area contributed by atoms with E-state index in [-0.39, 0.29) is 5.97 Å². The quantitative estimate of drug-likeness (QED) is 0.470. The molecule has 0 aliphatic heterocycles. The minimum Gasteiger partial charge on any atom is -0.469 e. The average Bonchev–Trinajstić information content (AvgIpc) is 2.78. The van der Waals surface area contributed by atoms with Crippen LogP contribution in [0, 0.1) is 0 Å². The van der Waals surface area contributed by atoms with E-state index >= 15 is 0 Å². The first-order valence-corrected chi connectivity index (χ1v) is 7.13. The zero-order valence-corrected chi connectivity index (χ0v) is 11.9. The average molecular weight is 264 g/mol. The highest BCUT2D eigenvalue weighted by Crippen LogP contribution is 2.27. The standard InChI is InChI=1S/C16H24O3/c1-3-13-11-12-15(17)14(13)9-7-5-4-6-8-10-16(18)19-2/h3H,1,4-12H2,2H3. The molecule has 3 heteroatoms. The summed E-state index contributed by atoms with van der Waals surface area (Å²) in [7, 11) is 1.42. The van der Waals surface area contributed by atoms with Gasteiger partial charge in [-0.3, -0.25) is 9.59 Å². The van der Waals surface area contributed by atoms with Gasteiger partial charge in [-0.25, -0.2) is 0 Å². The molecule has 0 aromatic carbocycles. The van der Waals surface area contributed by atoms with Crippen LogP contribution in [0.25, 0.3) is 0 Å². The Morgan fingerprint density at radius 2 is 1.89 bits per heavy atom. The monoisotopic (exact) mass is 264 g/mol. The Labute approximate surface area is 115 Å². The lowest BCUT2D eigenvalue weighted by atomic mass is 10.0. The summed E-state index contributed by atoms with van der Waals surface area (Å²) in [5, 5.41) is 0. The molecule has 0 bridgehead atoms. The van der Waals surface area contributed by atoms with Crippen LogP contribution in [0.2, 0.25) is 0 Å². The molecule has 0 saturated heterocycles. The summed E-state index contributed by atoms with van der Waals surface area (Å²) in [6.45, 7) is 3.77. The summed E-state index contributed by atoms with van der Waals surface area (Å²) >= 11 is 0. The molecule has 19 heavy (non-hydrogen) atoms. The van der Waals surface area contributed by atoms with E-state index in [0.717, 1.165) is 56.1 Å². The molecule has 0 amide bonds. The molecule has 1 rings (SSSR count). The van der Waals surface area contributed by atoms with E-state index in [1.807, 2.05) is 6.08 Å². The van der Waals surface area contributed by atoms with Crippen LogP contribution in [-0.4, -0.2) is 18.9 Å². The van der Waals surface area contributed by atoms with Gasteiger partial charge in [0.15, 0.2) is 5.78 Å². The third-order valence-electron chi connectivity index (χ3n) is 3.63. The van der Waals surface area contributed by atoms with Crippen molar-refractivity contribution in [2.24, 2.45) is 0 Å². The van der Waals surface area contributed by atoms with E-state index in [1.54, 1.807) is 0 Å². The summed E-state index contributed by atoms with van der Waals surface area (Å²) < 4.78 is 4.59. The zero-order chi connectivity index (χ0) is 14.1. The van der Waals surface area contributed by atoms with Gasteiger partial charge in [-0.1, -0.05) is 31.9 Å². The Morgan fingerprint density at radius 3 is 2.58 bits per heavy atom. The number of rotatable bonds is 9. The Morgan fingerprint density at radius 1 is 1.21 bits per heavy atom. The Hall–Kier alpha value is -1.38. The van der Waals surface area contributed by atoms with Gasteiger partial charge in [-0.05, 0) is 36.8 Å². The Balaban J connectivity index is 2.09. The van der Waals surface area contributed by atoms with Crippen LogP contribution in [-0.2, 0) is 14.3 Å². The van der Waals surface area contributed by atoms with Crippen molar-refractivity contribution in [3.05, 3.63) is 23.8 Å². The predicted octanol–water partition coefficient (Wildman–Crippen LogP) is 3.74. The molecule has 0 heterocycles. The third kappa shape index (κ3) is 5.41. The summed E-state index contributed by atoms with van der Waals surface area (Å²) in [6.07, 6.45) is 9.99. The smallest absolute Gasteiger partial charge is 0.305 e. The molecule has 1 aliphatic carbocycles. The molecule has 0 radical (unpaired) electrons. The van der Waals surface area contributed by atoms with Crippen LogP contribution in [0.3, 0.4) is 0 Å². The van der Waals surface area contributed by atoms with Crippen LogP contribution in [0.15, 0.2) is 23.8 Å². The lowest BCUT2D eigenvalue weighted by Crippen LogP contribution is -1.99. The van der Waals surface area contributed by atoms with E-state index in [9.17, 15) is 9.59 Å². The maximum absolute atomic E-state index is 11.7. The van der Waals surface area contributed by atoms with Crippen LogP contribution in [0.4, 0.5) is 0 Å². The van der Waals surface area contributed by atoms with Crippen molar-refractivity contribution >= 4 is 11.8 Å². The molecule has 0 aromatic rings. The van der Waals surface area contributed by atoms with E-state index in [1.165, 1.54) is 7.11 Å². The molecular formula is C16H24O3.